The summed E-state index contributed by atoms with van der Waals surface area (Å²) in [7, 11) is 0. The fourth-order valence-corrected chi connectivity index (χ4v) is 3.47. The Bertz CT molecular complexity index is 1020. The lowest BCUT2D eigenvalue weighted by Gasteiger charge is -2.09. The third kappa shape index (κ3) is 5.95. The fraction of sp³-hybridized carbons (Fsp3) is 0.143. The number of benzene rings is 2. The lowest BCUT2D eigenvalue weighted by atomic mass is 10.2. The number of hydrogen-bond donors (Lipinski definition) is 2. The SMILES string of the molecule is C=CCn1c(CNC(=O)c2ccccc2)nnc1SCC(=O)Nc1ccc(Cl)cc1. The van der Waals surface area contributed by atoms with Crippen molar-refractivity contribution in [3.05, 3.63) is 83.7 Å². The van der Waals surface area contributed by atoms with Crippen molar-refractivity contribution in [2.45, 2.75) is 18.2 Å². The number of nitrogens with zero attached hydrogens (tertiary/aromatic N) is 3. The summed E-state index contributed by atoms with van der Waals surface area (Å²) < 4.78 is 1.82. The first kappa shape index (κ1) is 21.6. The number of aromatic nitrogens is 3. The van der Waals surface area contributed by atoms with Crippen LogP contribution < -0.4 is 10.6 Å². The number of carbonyl (C=O) groups excluding carboxylic acids is 2. The summed E-state index contributed by atoms with van der Waals surface area (Å²) in [6, 6.07) is 15.8. The van der Waals surface area contributed by atoms with E-state index in [-0.39, 0.29) is 24.1 Å². The van der Waals surface area contributed by atoms with Gasteiger partial charge >= 0.3 is 0 Å². The van der Waals surface area contributed by atoms with Crippen LogP contribution in [0.1, 0.15) is 16.2 Å². The molecule has 2 amide bonds. The standard InChI is InChI=1S/C21H20ClN5O2S/c1-2-12-27-18(13-23-20(29)15-6-4-3-5-7-15)25-26-21(27)30-14-19(28)24-17-10-8-16(22)9-11-17/h2-11H,1,12-14H2,(H,23,29)(H,24,28). The van der Waals surface area contributed by atoms with Crippen molar-refractivity contribution < 1.29 is 9.59 Å². The van der Waals surface area contributed by atoms with Gasteiger partial charge in [0.15, 0.2) is 11.0 Å². The first-order valence-corrected chi connectivity index (χ1v) is 10.5. The number of rotatable bonds is 9. The maximum absolute atomic E-state index is 12.2. The second kappa shape index (κ2) is 10.6. The Labute approximate surface area is 183 Å². The molecule has 0 fully saturated rings. The summed E-state index contributed by atoms with van der Waals surface area (Å²) in [5.41, 5.74) is 1.24. The molecule has 0 saturated carbocycles. The Balaban J connectivity index is 1.59. The maximum Gasteiger partial charge on any atom is 0.251 e. The highest BCUT2D eigenvalue weighted by atomic mass is 35.5. The third-order valence-corrected chi connectivity index (χ3v) is 5.23. The van der Waals surface area contributed by atoms with E-state index in [9.17, 15) is 9.59 Å². The lowest BCUT2D eigenvalue weighted by Crippen LogP contribution is -2.24. The topological polar surface area (TPSA) is 88.9 Å². The molecule has 0 aliphatic heterocycles. The first-order valence-electron chi connectivity index (χ1n) is 9.11. The summed E-state index contributed by atoms with van der Waals surface area (Å²) in [6.07, 6.45) is 1.71. The van der Waals surface area contributed by atoms with Crippen LogP contribution in [0.15, 0.2) is 72.4 Å². The molecule has 2 N–H and O–H groups in total. The smallest absolute Gasteiger partial charge is 0.251 e. The molecule has 3 rings (SSSR count). The molecule has 9 heteroatoms. The van der Waals surface area contributed by atoms with Gasteiger partial charge in [-0.1, -0.05) is 47.6 Å². The van der Waals surface area contributed by atoms with E-state index in [1.54, 1.807) is 54.6 Å². The van der Waals surface area contributed by atoms with Crippen LogP contribution in [0.3, 0.4) is 0 Å². The van der Waals surface area contributed by atoms with Crippen molar-refractivity contribution in [3.63, 3.8) is 0 Å². The van der Waals surface area contributed by atoms with E-state index in [0.29, 0.717) is 33.8 Å². The summed E-state index contributed by atoms with van der Waals surface area (Å²) in [4.78, 5) is 24.5. The number of amides is 2. The molecule has 154 valence electrons. The minimum absolute atomic E-state index is 0.161. The summed E-state index contributed by atoms with van der Waals surface area (Å²) in [5, 5.41) is 15.1. The first-order chi connectivity index (χ1) is 14.6. The molecule has 0 atom stereocenters. The van der Waals surface area contributed by atoms with Gasteiger partial charge in [0, 0.05) is 22.8 Å². The van der Waals surface area contributed by atoms with Crippen molar-refractivity contribution in [1.29, 1.82) is 0 Å². The second-order valence-electron chi connectivity index (χ2n) is 6.19. The van der Waals surface area contributed by atoms with E-state index in [1.807, 2.05) is 10.6 Å². The molecule has 0 radical (unpaired) electrons. The van der Waals surface area contributed by atoms with Gasteiger partial charge in [0.2, 0.25) is 5.91 Å². The van der Waals surface area contributed by atoms with Crippen LogP contribution in [0.2, 0.25) is 5.02 Å². The van der Waals surface area contributed by atoms with Crippen molar-refractivity contribution >= 4 is 40.9 Å². The predicted octanol–water partition coefficient (Wildman–Crippen LogP) is 3.78. The van der Waals surface area contributed by atoms with Crippen molar-refractivity contribution in [3.8, 4) is 0 Å². The molecule has 30 heavy (non-hydrogen) atoms. The molecule has 0 spiro atoms. The van der Waals surface area contributed by atoms with Crippen molar-refractivity contribution in [1.82, 2.24) is 20.1 Å². The monoisotopic (exact) mass is 441 g/mol. The third-order valence-electron chi connectivity index (χ3n) is 4.01. The number of carbonyl (C=O) groups is 2. The lowest BCUT2D eigenvalue weighted by molar-refractivity contribution is -0.113. The van der Waals surface area contributed by atoms with Gasteiger partial charge in [-0.05, 0) is 36.4 Å². The Hall–Kier alpha value is -3.10. The number of thioether (sulfide) groups is 1. The van der Waals surface area contributed by atoms with Crippen LogP contribution in [0.5, 0.6) is 0 Å². The highest BCUT2D eigenvalue weighted by Gasteiger charge is 2.15. The van der Waals surface area contributed by atoms with Crippen LogP contribution in [0, 0.1) is 0 Å². The molecule has 0 unspecified atom stereocenters. The van der Waals surface area contributed by atoms with E-state index < -0.39 is 0 Å². The van der Waals surface area contributed by atoms with E-state index in [0.717, 1.165) is 0 Å². The van der Waals surface area contributed by atoms with Crippen molar-refractivity contribution in [2.24, 2.45) is 0 Å². The average molecular weight is 442 g/mol. The van der Waals surface area contributed by atoms with E-state index >= 15 is 0 Å². The average Bonchev–Trinajstić information content (AvgIpc) is 3.14. The summed E-state index contributed by atoms with van der Waals surface area (Å²) in [5.74, 6) is 0.378. The van der Waals surface area contributed by atoms with Gasteiger partial charge in [-0.2, -0.15) is 0 Å². The zero-order valence-corrected chi connectivity index (χ0v) is 17.6. The van der Waals surface area contributed by atoms with E-state index in [1.165, 1.54) is 11.8 Å². The molecular weight excluding hydrogens is 422 g/mol. The molecule has 7 nitrogen and oxygen atoms in total. The fourth-order valence-electron chi connectivity index (χ4n) is 2.58. The Kier molecular flexibility index (Phi) is 7.64. The van der Waals surface area contributed by atoms with Gasteiger partial charge in [-0.25, -0.2) is 0 Å². The molecule has 1 heterocycles. The van der Waals surface area contributed by atoms with Crippen molar-refractivity contribution in [2.75, 3.05) is 11.1 Å². The number of halogens is 1. The molecule has 0 saturated heterocycles. The normalized spacial score (nSPS) is 10.4. The van der Waals surface area contributed by atoms with Crippen LogP contribution in [0.4, 0.5) is 5.69 Å². The molecule has 1 aromatic heterocycles. The molecule has 0 bridgehead atoms. The summed E-state index contributed by atoms with van der Waals surface area (Å²) in [6.45, 7) is 4.43. The minimum Gasteiger partial charge on any atom is -0.345 e. The molecule has 0 aliphatic rings. The van der Waals surface area contributed by atoms with E-state index in [4.69, 9.17) is 11.6 Å². The number of hydrogen-bond acceptors (Lipinski definition) is 5. The Morgan fingerprint density at radius 3 is 2.53 bits per heavy atom. The number of nitrogens with one attached hydrogen (secondary N) is 2. The van der Waals surface area contributed by atoms with Crippen LogP contribution in [-0.2, 0) is 17.9 Å². The zero-order chi connectivity index (χ0) is 21.3. The van der Waals surface area contributed by atoms with Gasteiger partial charge in [0.1, 0.15) is 0 Å². The second-order valence-corrected chi connectivity index (χ2v) is 7.57. The molecule has 3 aromatic rings. The quantitative estimate of drug-likeness (QED) is 0.389. The predicted molar refractivity (Wildman–Crippen MR) is 119 cm³/mol. The largest absolute Gasteiger partial charge is 0.345 e. The number of allylic oxidation sites excluding steroid dienone is 1. The van der Waals surface area contributed by atoms with Crippen LogP contribution in [0.25, 0.3) is 0 Å². The maximum atomic E-state index is 12.2. The van der Waals surface area contributed by atoms with Gasteiger partial charge in [-0.15, -0.1) is 16.8 Å². The minimum atomic E-state index is -0.194. The van der Waals surface area contributed by atoms with Gasteiger partial charge in [0.05, 0.1) is 12.3 Å². The van der Waals surface area contributed by atoms with E-state index in [2.05, 4.69) is 27.4 Å². The highest BCUT2D eigenvalue weighted by molar-refractivity contribution is 7.99. The molecule has 0 aliphatic carbocycles. The highest BCUT2D eigenvalue weighted by Crippen LogP contribution is 2.19. The van der Waals surface area contributed by atoms with Gasteiger partial charge in [0.25, 0.3) is 5.91 Å². The zero-order valence-electron chi connectivity index (χ0n) is 16.0. The van der Waals surface area contributed by atoms with Crippen LogP contribution >= 0.6 is 23.4 Å². The Morgan fingerprint density at radius 1 is 1.10 bits per heavy atom. The molecule has 2 aromatic carbocycles. The molecular formula is C21H20ClN5O2S. The number of anilines is 1. The van der Waals surface area contributed by atoms with Gasteiger partial charge in [-0.3, -0.25) is 9.59 Å². The summed E-state index contributed by atoms with van der Waals surface area (Å²) >= 11 is 7.11. The van der Waals surface area contributed by atoms with Gasteiger partial charge < -0.3 is 15.2 Å². The Morgan fingerprint density at radius 2 is 1.83 bits per heavy atom. The van der Waals surface area contributed by atoms with Crippen LogP contribution in [-0.4, -0.2) is 32.3 Å².